The number of benzene rings is 1. The molecule has 0 heterocycles. The van der Waals surface area contributed by atoms with Gasteiger partial charge in [0.25, 0.3) is 0 Å². The van der Waals surface area contributed by atoms with Crippen LogP contribution in [0, 0.1) is 5.92 Å². The van der Waals surface area contributed by atoms with Crippen LogP contribution in [-0.4, -0.2) is 11.1 Å². The van der Waals surface area contributed by atoms with E-state index >= 15 is 0 Å². The molecule has 0 bridgehead atoms. The first-order valence-electron chi connectivity index (χ1n) is 4.95. The number of hydrogen-bond acceptors (Lipinski definition) is 2. The summed E-state index contributed by atoms with van der Waals surface area (Å²) in [4.78, 5) is 10.9. The number of carboxylic acid groups (broad SMARTS) is 1. The molecule has 3 N–H and O–H groups in total. The zero-order valence-electron chi connectivity index (χ0n) is 8.82. The van der Waals surface area contributed by atoms with Crippen molar-refractivity contribution in [1.29, 1.82) is 0 Å². The lowest BCUT2D eigenvalue weighted by atomic mass is 9.81. The Hall–Kier alpha value is -0.480. The molecular weight excluding hydrogens is 284 g/mol. The molecule has 1 aromatic rings. The summed E-state index contributed by atoms with van der Waals surface area (Å²) in [5, 5.41) is 9.90. The second-order valence-corrected chi connectivity index (χ2v) is 4.86. The maximum absolute atomic E-state index is 10.9. The highest BCUT2D eigenvalue weighted by Gasteiger charge is 2.29. The zero-order chi connectivity index (χ0) is 11.9. The van der Waals surface area contributed by atoms with Gasteiger partial charge in [0.05, 0.1) is 16.0 Å². The minimum atomic E-state index is -0.813. The first-order valence-corrected chi connectivity index (χ1v) is 5.71. The summed E-state index contributed by atoms with van der Waals surface area (Å²) in [6, 6.07) is 3.18. The predicted molar refractivity (Wildman–Crippen MR) is 70.1 cm³/mol. The van der Waals surface area contributed by atoms with E-state index in [1.54, 1.807) is 12.1 Å². The smallest absolute Gasteiger partial charge is 0.306 e. The van der Waals surface area contributed by atoms with Gasteiger partial charge in [-0.1, -0.05) is 23.2 Å². The summed E-state index contributed by atoms with van der Waals surface area (Å²) in [5.41, 5.74) is 7.73. The van der Waals surface area contributed by atoms with Crippen LogP contribution in [0.25, 0.3) is 0 Å². The van der Waals surface area contributed by atoms with Crippen LogP contribution in [-0.2, 0) is 11.2 Å². The first kappa shape index (κ1) is 14.6. The van der Waals surface area contributed by atoms with Crippen molar-refractivity contribution in [3.05, 3.63) is 33.3 Å². The highest BCUT2D eigenvalue weighted by Crippen LogP contribution is 2.36. The van der Waals surface area contributed by atoms with Gasteiger partial charge in [-0.05, 0) is 36.1 Å². The molecule has 0 fully saturated rings. The fraction of sp³-hybridized carbons (Fsp3) is 0.364. The number of carboxylic acids is 1. The molecule has 94 valence electrons. The first-order chi connectivity index (χ1) is 7.49. The predicted octanol–water partition coefficient (Wildman–Crippen LogP) is 3.06. The maximum atomic E-state index is 10.9. The largest absolute Gasteiger partial charge is 0.481 e. The number of rotatable bonds is 1. The molecule has 0 amide bonds. The molecule has 0 saturated carbocycles. The van der Waals surface area contributed by atoms with Crippen molar-refractivity contribution in [2.24, 2.45) is 11.7 Å². The third kappa shape index (κ3) is 2.86. The summed E-state index contributed by atoms with van der Waals surface area (Å²) < 4.78 is 0. The monoisotopic (exact) mass is 295 g/mol. The molecular formula is C11H12Cl3NO2. The van der Waals surface area contributed by atoms with Crippen LogP contribution >= 0.6 is 35.6 Å². The summed E-state index contributed by atoms with van der Waals surface area (Å²) in [6.45, 7) is 0. The summed E-state index contributed by atoms with van der Waals surface area (Å²) >= 11 is 11.8. The van der Waals surface area contributed by atoms with Crippen LogP contribution in [0.2, 0.25) is 10.0 Å². The molecule has 17 heavy (non-hydrogen) atoms. The van der Waals surface area contributed by atoms with Crippen molar-refractivity contribution >= 4 is 41.6 Å². The van der Waals surface area contributed by atoms with Crippen LogP contribution in [0.15, 0.2) is 12.1 Å². The van der Waals surface area contributed by atoms with Gasteiger partial charge in [-0.25, -0.2) is 0 Å². The lowest BCUT2D eigenvalue weighted by Crippen LogP contribution is -2.28. The van der Waals surface area contributed by atoms with Gasteiger partial charge in [-0.15, -0.1) is 12.4 Å². The Bertz CT molecular complexity index is 451. The molecule has 0 radical (unpaired) electrons. The molecule has 0 saturated heterocycles. The molecule has 0 aliphatic heterocycles. The standard InChI is InChI=1S/C11H11Cl2NO2.ClH/c12-8-2-5-1-6(11(15)16)3-10(14)7(5)4-9(8)13;/h2,4,6,10H,1,3,14H2,(H,15,16);1H/t6-,10+;/m1./s1. The Morgan fingerprint density at radius 2 is 1.94 bits per heavy atom. The Morgan fingerprint density at radius 1 is 1.35 bits per heavy atom. The number of fused-ring (bicyclic) bond motifs is 1. The van der Waals surface area contributed by atoms with E-state index in [0.29, 0.717) is 22.9 Å². The van der Waals surface area contributed by atoms with E-state index < -0.39 is 11.9 Å². The van der Waals surface area contributed by atoms with Gasteiger partial charge in [0.15, 0.2) is 0 Å². The average molecular weight is 297 g/mol. The summed E-state index contributed by atoms with van der Waals surface area (Å²) in [6.07, 6.45) is 0.912. The zero-order valence-corrected chi connectivity index (χ0v) is 11.1. The van der Waals surface area contributed by atoms with E-state index in [0.717, 1.165) is 11.1 Å². The van der Waals surface area contributed by atoms with E-state index in [2.05, 4.69) is 0 Å². The molecule has 6 heteroatoms. The Labute approximate surface area is 115 Å². The molecule has 3 nitrogen and oxygen atoms in total. The fourth-order valence-corrected chi connectivity index (χ4v) is 2.45. The normalized spacial score (nSPS) is 22.5. The Kier molecular flexibility index (Phi) is 4.67. The van der Waals surface area contributed by atoms with Gasteiger partial charge in [0.2, 0.25) is 0 Å². The van der Waals surface area contributed by atoms with Crippen LogP contribution in [0.4, 0.5) is 0 Å². The topological polar surface area (TPSA) is 63.3 Å². The number of hydrogen-bond donors (Lipinski definition) is 2. The average Bonchev–Trinajstić information content (AvgIpc) is 2.20. The third-order valence-electron chi connectivity index (χ3n) is 2.94. The molecule has 1 aliphatic rings. The minimum Gasteiger partial charge on any atom is -0.481 e. The molecule has 1 aromatic carbocycles. The Morgan fingerprint density at radius 3 is 2.53 bits per heavy atom. The van der Waals surface area contributed by atoms with Crippen molar-refractivity contribution in [3.63, 3.8) is 0 Å². The van der Waals surface area contributed by atoms with Gasteiger partial charge in [-0.2, -0.15) is 0 Å². The van der Waals surface area contributed by atoms with Crippen LogP contribution < -0.4 is 5.73 Å². The molecule has 0 aromatic heterocycles. The van der Waals surface area contributed by atoms with Crippen LogP contribution in [0.5, 0.6) is 0 Å². The number of aliphatic carboxylic acids is 1. The molecule has 0 spiro atoms. The van der Waals surface area contributed by atoms with E-state index in [1.807, 2.05) is 0 Å². The Balaban J connectivity index is 0.00000144. The second-order valence-electron chi connectivity index (χ2n) is 4.05. The van der Waals surface area contributed by atoms with E-state index in [1.165, 1.54) is 0 Å². The number of halogens is 3. The lowest BCUT2D eigenvalue weighted by molar-refractivity contribution is -0.142. The van der Waals surface area contributed by atoms with E-state index in [9.17, 15) is 4.79 Å². The minimum absolute atomic E-state index is 0. The highest BCUT2D eigenvalue weighted by molar-refractivity contribution is 6.42. The molecule has 1 aliphatic carbocycles. The van der Waals surface area contributed by atoms with Gasteiger partial charge in [-0.3, -0.25) is 4.79 Å². The van der Waals surface area contributed by atoms with Gasteiger partial charge in [0, 0.05) is 6.04 Å². The van der Waals surface area contributed by atoms with E-state index in [-0.39, 0.29) is 18.4 Å². The summed E-state index contributed by atoms with van der Waals surface area (Å²) in [7, 11) is 0. The van der Waals surface area contributed by atoms with Crippen molar-refractivity contribution in [2.75, 3.05) is 0 Å². The summed E-state index contributed by atoms with van der Waals surface area (Å²) in [5.74, 6) is -1.24. The highest BCUT2D eigenvalue weighted by atomic mass is 35.5. The molecule has 0 unspecified atom stereocenters. The van der Waals surface area contributed by atoms with Crippen LogP contribution in [0.3, 0.4) is 0 Å². The van der Waals surface area contributed by atoms with Gasteiger partial charge < -0.3 is 10.8 Å². The van der Waals surface area contributed by atoms with Gasteiger partial charge >= 0.3 is 5.97 Å². The quantitative estimate of drug-likeness (QED) is 0.837. The molecule has 2 atom stereocenters. The third-order valence-corrected chi connectivity index (χ3v) is 3.66. The van der Waals surface area contributed by atoms with Crippen molar-refractivity contribution in [1.82, 2.24) is 0 Å². The second kappa shape index (κ2) is 5.44. The van der Waals surface area contributed by atoms with Crippen LogP contribution in [0.1, 0.15) is 23.6 Å². The van der Waals surface area contributed by atoms with Crippen molar-refractivity contribution < 1.29 is 9.90 Å². The fourth-order valence-electron chi connectivity index (χ4n) is 2.10. The molecule has 2 rings (SSSR count). The SMILES string of the molecule is Cl.N[C@H]1C[C@H](C(=O)O)Cc2cc(Cl)c(Cl)cc21. The van der Waals surface area contributed by atoms with Crippen molar-refractivity contribution in [2.45, 2.75) is 18.9 Å². The number of carbonyl (C=O) groups is 1. The lowest BCUT2D eigenvalue weighted by Gasteiger charge is -2.27. The number of nitrogens with two attached hydrogens (primary N) is 1. The van der Waals surface area contributed by atoms with Gasteiger partial charge in [0.1, 0.15) is 0 Å². The van der Waals surface area contributed by atoms with Crippen molar-refractivity contribution in [3.8, 4) is 0 Å². The maximum Gasteiger partial charge on any atom is 0.306 e. The van der Waals surface area contributed by atoms with E-state index in [4.69, 9.17) is 34.0 Å².